The Kier molecular flexibility index (Phi) is 5.70. The highest BCUT2D eigenvalue weighted by Crippen LogP contribution is 2.38. The highest BCUT2D eigenvalue weighted by molar-refractivity contribution is 7.09. The summed E-state index contributed by atoms with van der Waals surface area (Å²) in [7, 11) is 3.51. The predicted octanol–water partition coefficient (Wildman–Crippen LogP) is 4.87. The number of methoxy groups -OCH3 is 1. The van der Waals surface area contributed by atoms with Crippen LogP contribution in [0.3, 0.4) is 0 Å². The molecule has 4 rings (SSSR count). The minimum Gasteiger partial charge on any atom is -0.489 e. The normalized spacial score (nSPS) is 13.3. The van der Waals surface area contributed by atoms with Gasteiger partial charge in [0.15, 0.2) is 0 Å². The van der Waals surface area contributed by atoms with Crippen LogP contribution in [0.2, 0.25) is 0 Å². The number of pyridine rings is 1. The molecule has 0 N–H and O–H groups in total. The lowest BCUT2D eigenvalue weighted by molar-refractivity contribution is 0.0182. The second-order valence-corrected chi connectivity index (χ2v) is 8.02. The molecular weight excluding hydrogens is 396 g/mol. The number of aryl methyl sites for hydroxylation is 1. The van der Waals surface area contributed by atoms with Crippen LogP contribution in [-0.2, 0) is 24.0 Å². The largest absolute Gasteiger partial charge is 0.489 e. The molecule has 4 aromatic rings. The maximum Gasteiger partial charge on any atom is 0.250 e. The maximum atomic E-state index is 12.1. The van der Waals surface area contributed by atoms with E-state index in [1.165, 1.54) is 0 Å². The molecule has 1 unspecified atom stereocenters. The number of hydrogen-bond acceptors (Lipinski definition) is 5. The number of rotatable bonds is 7. The molecule has 6 heteroatoms. The molecule has 0 radical (unpaired) electrons. The van der Waals surface area contributed by atoms with Crippen LogP contribution in [0.4, 0.5) is 0 Å². The first-order valence-corrected chi connectivity index (χ1v) is 10.7. The van der Waals surface area contributed by atoms with Crippen LogP contribution in [0, 0.1) is 0 Å². The number of thiazole rings is 1. The van der Waals surface area contributed by atoms with Crippen LogP contribution >= 0.6 is 11.3 Å². The van der Waals surface area contributed by atoms with E-state index < -0.39 is 5.60 Å². The highest BCUT2D eigenvalue weighted by Gasteiger charge is 2.35. The third-order valence-electron chi connectivity index (χ3n) is 5.54. The fourth-order valence-electron chi connectivity index (χ4n) is 3.90. The van der Waals surface area contributed by atoms with Gasteiger partial charge in [0.2, 0.25) is 0 Å². The lowest BCUT2D eigenvalue weighted by atomic mass is 9.91. The summed E-state index contributed by atoms with van der Waals surface area (Å²) in [6.07, 6.45) is 2.56. The van der Waals surface area contributed by atoms with Crippen molar-refractivity contribution in [3.05, 3.63) is 92.7 Å². The molecule has 0 aliphatic heterocycles. The van der Waals surface area contributed by atoms with Crippen molar-refractivity contribution in [1.29, 1.82) is 0 Å². The lowest BCUT2D eigenvalue weighted by Crippen LogP contribution is -2.29. The number of aromatic nitrogens is 2. The third-order valence-corrected chi connectivity index (χ3v) is 6.46. The standard InChI is InChI=1S/C24H24N2O3S/c1-4-24(28-3,23-25-13-14-30-23)19-9-6-10-20(15-19)29-16-18-8-5-7-17-11-12-21(27)26(2)22(17)18/h5-15H,4,16H2,1-3H3. The molecular formula is C24H24N2O3S. The highest BCUT2D eigenvalue weighted by atomic mass is 32.1. The maximum absolute atomic E-state index is 12.1. The summed E-state index contributed by atoms with van der Waals surface area (Å²) in [6, 6.07) is 17.4. The molecule has 0 bridgehead atoms. The van der Waals surface area contributed by atoms with Crippen molar-refractivity contribution in [1.82, 2.24) is 9.55 Å². The van der Waals surface area contributed by atoms with E-state index in [-0.39, 0.29) is 5.56 Å². The van der Waals surface area contributed by atoms with E-state index in [1.807, 2.05) is 53.9 Å². The van der Waals surface area contributed by atoms with Gasteiger partial charge in [0.05, 0.1) is 5.52 Å². The van der Waals surface area contributed by atoms with Crippen LogP contribution in [0.5, 0.6) is 5.75 Å². The fourth-order valence-corrected chi connectivity index (χ4v) is 4.81. The Labute approximate surface area is 179 Å². The van der Waals surface area contributed by atoms with E-state index in [4.69, 9.17) is 9.47 Å². The molecule has 30 heavy (non-hydrogen) atoms. The summed E-state index contributed by atoms with van der Waals surface area (Å²) in [5, 5.41) is 3.90. The topological polar surface area (TPSA) is 53.4 Å². The number of ether oxygens (including phenoxy) is 2. The first-order chi connectivity index (χ1) is 14.6. The summed E-state index contributed by atoms with van der Waals surface area (Å²) in [5.41, 5.74) is 2.23. The third kappa shape index (κ3) is 3.53. The van der Waals surface area contributed by atoms with E-state index in [1.54, 1.807) is 42.3 Å². The molecule has 0 fully saturated rings. The monoisotopic (exact) mass is 420 g/mol. The molecule has 0 saturated heterocycles. The van der Waals surface area contributed by atoms with E-state index in [0.717, 1.165) is 39.2 Å². The Morgan fingerprint density at radius 1 is 1.13 bits per heavy atom. The average Bonchev–Trinajstić information content (AvgIpc) is 3.32. The van der Waals surface area contributed by atoms with Gasteiger partial charge in [0.25, 0.3) is 5.56 Å². The number of benzene rings is 2. The van der Waals surface area contributed by atoms with Gasteiger partial charge >= 0.3 is 0 Å². The number of nitrogens with zero attached hydrogens (tertiary/aromatic N) is 2. The molecule has 0 spiro atoms. The molecule has 5 nitrogen and oxygen atoms in total. The van der Waals surface area contributed by atoms with E-state index in [2.05, 4.69) is 11.9 Å². The van der Waals surface area contributed by atoms with Gasteiger partial charge in [-0.05, 0) is 35.6 Å². The van der Waals surface area contributed by atoms with Crippen molar-refractivity contribution in [2.75, 3.05) is 7.11 Å². The number of hydrogen-bond donors (Lipinski definition) is 0. The van der Waals surface area contributed by atoms with Gasteiger partial charge < -0.3 is 14.0 Å². The van der Waals surface area contributed by atoms with Crippen LogP contribution in [0.1, 0.15) is 29.5 Å². The molecule has 0 saturated carbocycles. The quantitative estimate of drug-likeness (QED) is 0.428. The first kappa shape index (κ1) is 20.3. The molecule has 2 aromatic carbocycles. The molecule has 2 aromatic heterocycles. The average molecular weight is 421 g/mol. The van der Waals surface area contributed by atoms with Crippen LogP contribution < -0.4 is 10.3 Å². The van der Waals surface area contributed by atoms with Crippen LogP contribution in [0.25, 0.3) is 10.9 Å². The summed E-state index contributed by atoms with van der Waals surface area (Å²) in [6.45, 7) is 2.45. The SMILES string of the molecule is CCC(OC)(c1cccc(OCc2cccc3ccc(=O)n(C)c23)c1)c1nccs1. The molecule has 0 aliphatic carbocycles. The summed E-state index contributed by atoms with van der Waals surface area (Å²) in [4.78, 5) is 16.6. The molecule has 2 heterocycles. The second-order valence-electron chi connectivity index (χ2n) is 7.12. The van der Waals surface area contributed by atoms with Crippen molar-refractivity contribution < 1.29 is 9.47 Å². The fraction of sp³-hybridized carbons (Fsp3) is 0.250. The Hall–Kier alpha value is -2.96. The Morgan fingerprint density at radius 2 is 1.97 bits per heavy atom. The van der Waals surface area contributed by atoms with E-state index in [0.29, 0.717) is 6.61 Å². The van der Waals surface area contributed by atoms with Gasteiger partial charge in [0, 0.05) is 37.4 Å². The van der Waals surface area contributed by atoms with Gasteiger partial charge in [-0.2, -0.15) is 0 Å². The Morgan fingerprint density at radius 3 is 2.70 bits per heavy atom. The predicted molar refractivity (Wildman–Crippen MR) is 120 cm³/mol. The van der Waals surface area contributed by atoms with Crippen molar-refractivity contribution >= 4 is 22.2 Å². The van der Waals surface area contributed by atoms with E-state index in [9.17, 15) is 4.79 Å². The molecule has 1 atom stereocenters. The summed E-state index contributed by atoms with van der Waals surface area (Å²) < 4.78 is 13.8. The van der Waals surface area contributed by atoms with Crippen LogP contribution in [-0.4, -0.2) is 16.7 Å². The number of fused-ring (bicyclic) bond motifs is 1. The minimum atomic E-state index is -0.600. The molecule has 0 amide bonds. The van der Waals surface area contributed by atoms with Gasteiger partial charge in [0.1, 0.15) is 23.0 Å². The van der Waals surface area contributed by atoms with Crippen molar-refractivity contribution in [3.63, 3.8) is 0 Å². The van der Waals surface area contributed by atoms with Gasteiger partial charge in [-0.1, -0.05) is 37.3 Å². The lowest BCUT2D eigenvalue weighted by Gasteiger charge is -2.30. The van der Waals surface area contributed by atoms with Gasteiger partial charge in [-0.15, -0.1) is 11.3 Å². The zero-order valence-corrected chi connectivity index (χ0v) is 18.1. The van der Waals surface area contributed by atoms with E-state index >= 15 is 0 Å². The van der Waals surface area contributed by atoms with Crippen molar-refractivity contribution in [2.45, 2.75) is 25.6 Å². The Bertz CT molecular complexity index is 1210. The Balaban J connectivity index is 1.66. The molecule has 0 aliphatic rings. The number of para-hydroxylation sites is 1. The summed E-state index contributed by atoms with van der Waals surface area (Å²) >= 11 is 1.59. The van der Waals surface area contributed by atoms with Crippen LogP contribution in [0.15, 0.2) is 71.0 Å². The zero-order chi connectivity index (χ0) is 21.1. The first-order valence-electron chi connectivity index (χ1n) is 9.85. The second kappa shape index (κ2) is 8.42. The smallest absolute Gasteiger partial charge is 0.250 e. The van der Waals surface area contributed by atoms with Gasteiger partial charge in [-0.3, -0.25) is 4.79 Å². The molecule has 154 valence electrons. The minimum absolute atomic E-state index is 0.0341. The zero-order valence-electron chi connectivity index (χ0n) is 17.3. The summed E-state index contributed by atoms with van der Waals surface area (Å²) in [5.74, 6) is 0.747. The van der Waals surface area contributed by atoms with Crippen molar-refractivity contribution in [2.24, 2.45) is 7.05 Å². The van der Waals surface area contributed by atoms with Crippen molar-refractivity contribution in [3.8, 4) is 5.75 Å². The van der Waals surface area contributed by atoms with Gasteiger partial charge in [-0.25, -0.2) is 4.98 Å².